The molecule has 0 saturated carbocycles. The number of methoxy groups -OCH3 is 1. The van der Waals surface area contributed by atoms with Gasteiger partial charge in [-0.25, -0.2) is 4.98 Å². The van der Waals surface area contributed by atoms with Crippen molar-refractivity contribution in [2.24, 2.45) is 7.05 Å². The van der Waals surface area contributed by atoms with Crippen molar-refractivity contribution in [1.29, 1.82) is 0 Å². The summed E-state index contributed by atoms with van der Waals surface area (Å²) in [6.45, 7) is 1.86. The molecule has 0 atom stereocenters. The molecule has 0 saturated heterocycles. The minimum absolute atomic E-state index is 0.253. The highest BCUT2D eigenvalue weighted by Crippen LogP contribution is 2.26. The molecule has 0 fully saturated rings. The second-order valence-electron chi connectivity index (χ2n) is 5.75. The normalized spacial score (nSPS) is 10.6. The van der Waals surface area contributed by atoms with Crippen molar-refractivity contribution in [1.82, 2.24) is 20.1 Å². The molecule has 0 spiro atoms. The van der Waals surface area contributed by atoms with Crippen LogP contribution in [-0.2, 0) is 7.05 Å². The van der Waals surface area contributed by atoms with E-state index < -0.39 is 0 Å². The maximum absolute atomic E-state index is 12.7. The molecule has 26 heavy (non-hydrogen) atoms. The van der Waals surface area contributed by atoms with Crippen LogP contribution in [0.1, 0.15) is 26.4 Å². The number of ether oxygens (including phenoxy) is 1. The number of hydrogen-bond donors (Lipinski definition) is 2. The van der Waals surface area contributed by atoms with Gasteiger partial charge in [0.25, 0.3) is 11.8 Å². The molecule has 3 aromatic rings. The smallest absolute Gasteiger partial charge is 0.257 e. The van der Waals surface area contributed by atoms with Crippen LogP contribution in [0.25, 0.3) is 11.0 Å². The summed E-state index contributed by atoms with van der Waals surface area (Å²) in [7, 11) is 4.84. The van der Waals surface area contributed by atoms with E-state index in [1.807, 2.05) is 6.92 Å². The second-order valence-corrected chi connectivity index (χ2v) is 5.75. The lowest BCUT2D eigenvalue weighted by Gasteiger charge is -2.12. The Labute approximate surface area is 150 Å². The number of carbonyl (C=O) groups excluding carboxylic acids is 2. The number of benzene rings is 1. The van der Waals surface area contributed by atoms with Gasteiger partial charge in [-0.05, 0) is 31.2 Å². The number of carbonyl (C=O) groups is 2. The second kappa shape index (κ2) is 6.83. The van der Waals surface area contributed by atoms with Gasteiger partial charge in [0.1, 0.15) is 5.75 Å². The molecule has 2 heterocycles. The first-order valence-electron chi connectivity index (χ1n) is 7.95. The maximum Gasteiger partial charge on any atom is 0.257 e. The molecule has 0 radical (unpaired) electrons. The molecule has 0 bridgehead atoms. The minimum atomic E-state index is -0.352. The summed E-state index contributed by atoms with van der Waals surface area (Å²) in [6.07, 6.45) is 1.49. The lowest BCUT2D eigenvalue weighted by atomic mass is 10.1. The number of nitrogens with one attached hydrogen (secondary N) is 2. The minimum Gasteiger partial charge on any atom is -0.495 e. The molecular formula is C18H19N5O3. The van der Waals surface area contributed by atoms with Crippen LogP contribution in [0.4, 0.5) is 5.69 Å². The summed E-state index contributed by atoms with van der Waals surface area (Å²) < 4.78 is 6.94. The average molecular weight is 353 g/mol. The first-order valence-corrected chi connectivity index (χ1v) is 7.95. The first-order chi connectivity index (χ1) is 12.4. The van der Waals surface area contributed by atoms with E-state index in [0.717, 1.165) is 11.1 Å². The summed E-state index contributed by atoms with van der Waals surface area (Å²) >= 11 is 0. The third-order valence-electron chi connectivity index (χ3n) is 4.06. The van der Waals surface area contributed by atoms with Crippen LogP contribution >= 0.6 is 0 Å². The lowest BCUT2D eigenvalue weighted by molar-refractivity contribution is 0.0961. The Balaban J connectivity index is 1.94. The fraction of sp³-hybridized carbons (Fsp3) is 0.222. The Bertz CT molecular complexity index is 1010. The number of aromatic nitrogens is 3. The molecule has 2 amide bonds. The van der Waals surface area contributed by atoms with Crippen LogP contribution in [0, 0.1) is 6.92 Å². The van der Waals surface area contributed by atoms with Crippen molar-refractivity contribution in [3.8, 4) is 5.75 Å². The van der Waals surface area contributed by atoms with Crippen molar-refractivity contribution in [3.63, 3.8) is 0 Å². The zero-order valence-electron chi connectivity index (χ0n) is 15.0. The van der Waals surface area contributed by atoms with E-state index in [-0.39, 0.29) is 11.8 Å². The molecule has 3 rings (SSSR count). The highest BCUT2D eigenvalue weighted by molar-refractivity contribution is 6.07. The van der Waals surface area contributed by atoms with Gasteiger partial charge in [-0.2, -0.15) is 5.10 Å². The van der Waals surface area contributed by atoms with Crippen LogP contribution in [0.2, 0.25) is 0 Å². The van der Waals surface area contributed by atoms with Crippen molar-refractivity contribution in [2.75, 3.05) is 19.5 Å². The molecule has 134 valence electrons. The number of rotatable bonds is 4. The van der Waals surface area contributed by atoms with Gasteiger partial charge in [0.05, 0.1) is 24.1 Å². The van der Waals surface area contributed by atoms with Gasteiger partial charge >= 0.3 is 0 Å². The summed E-state index contributed by atoms with van der Waals surface area (Å²) in [4.78, 5) is 28.8. The number of hydrogen-bond acceptors (Lipinski definition) is 5. The van der Waals surface area contributed by atoms with Gasteiger partial charge in [-0.1, -0.05) is 0 Å². The van der Waals surface area contributed by atoms with Crippen molar-refractivity contribution in [3.05, 3.63) is 47.3 Å². The number of pyridine rings is 1. The van der Waals surface area contributed by atoms with Crippen LogP contribution < -0.4 is 15.4 Å². The van der Waals surface area contributed by atoms with Crippen LogP contribution in [0.3, 0.4) is 0 Å². The van der Waals surface area contributed by atoms with Crippen molar-refractivity contribution in [2.45, 2.75) is 6.92 Å². The maximum atomic E-state index is 12.7. The van der Waals surface area contributed by atoms with Crippen molar-refractivity contribution < 1.29 is 14.3 Å². The molecule has 1 aromatic carbocycles. The van der Waals surface area contributed by atoms with Crippen molar-refractivity contribution >= 4 is 28.5 Å². The van der Waals surface area contributed by atoms with Gasteiger partial charge < -0.3 is 15.4 Å². The van der Waals surface area contributed by atoms with Gasteiger partial charge in [-0.3, -0.25) is 14.3 Å². The highest BCUT2D eigenvalue weighted by atomic mass is 16.5. The highest BCUT2D eigenvalue weighted by Gasteiger charge is 2.15. The predicted octanol–water partition coefficient (Wildman–Crippen LogP) is 1.90. The topological polar surface area (TPSA) is 98.1 Å². The summed E-state index contributed by atoms with van der Waals surface area (Å²) in [5.74, 6) is -0.148. The molecule has 2 aromatic heterocycles. The van der Waals surface area contributed by atoms with E-state index >= 15 is 0 Å². The van der Waals surface area contributed by atoms with E-state index in [1.165, 1.54) is 13.3 Å². The molecular weight excluding hydrogens is 334 g/mol. The van der Waals surface area contributed by atoms with Crippen LogP contribution in [0.5, 0.6) is 5.75 Å². The first kappa shape index (κ1) is 17.4. The van der Waals surface area contributed by atoms with E-state index in [0.29, 0.717) is 28.2 Å². The number of nitrogens with zero attached hydrogens (tertiary/aromatic N) is 3. The molecule has 0 aliphatic heterocycles. The Hall–Kier alpha value is -3.42. The molecule has 2 N–H and O–H groups in total. The average Bonchev–Trinajstić information content (AvgIpc) is 2.94. The Morgan fingerprint density at radius 3 is 2.62 bits per heavy atom. The van der Waals surface area contributed by atoms with E-state index in [2.05, 4.69) is 20.7 Å². The third kappa shape index (κ3) is 3.08. The van der Waals surface area contributed by atoms with E-state index in [9.17, 15) is 9.59 Å². The zero-order chi connectivity index (χ0) is 18.8. The van der Waals surface area contributed by atoms with Crippen LogP contribution in [0.15, 0.2) is 30.5 Å². The molecule has 0 aliphatic carbocycles. The summed E-state index contributed by atoms with van der Waals surface area (Å²) in [5.41, 5.74) is 2.71. The monoisotopic (exact) mass is 353 g/mol. The Morgan fingerprint density at radius 1 is 1.15 bits per heavy atom. The fourth-order valence-corrected chi connectivity index (χ4v) is 2.72. The van der Waals surface area contributed by atoms with E-state index in [1.54, 1.807) is 43.0 Å². The number of fused-ring (bicyclic) bond motifs is 1. The third-order valence-corrected chi connectivity index (χ3v) is 4.06. The molecule has 8 heteroatoms. The van der Waals surface area contributed by atoms with Gasteiger partial charge in [-0.15, -0.1) is 0 Å². The van der Waals surface area contributed by atoms with Gasteiger partial charge in [0.2, 0.25) is 0 Å². The number of aryl methyl sites for hydroxylation is 2. The lowest BCUT2D eigenvalue weighted by Crippen LogP contribution is -2.19. The quantitative estimate of drug-likeness (QED) is 0.746. The fourth-order valence-electron chi connectivity index (χ4n) is 2.72. The predicted molar refractivity (Wildman–Crippen MR) is 97.6 cm³/mol. The van der Waals surface area contributed by atoms with Gasteiger partial charge in [0, 0.05) is 31.2 Å². The Morgan fingerprint density at radius 2 is 1.92 bits per heavy atom. The van der Waals surface area contributed by atoms with E-state index in [4.69, 9.17) is 4.74 Å². The molecule has 0 aliphatic rings. The summed E-state index contributed by atoms with van der Waals surface area (Å²) in [5, 5.41) is 10.4. The Kier molecular flexibility index (Phi) is 4.57. The van der Waals surface area contributed by atoms with Gasteiger partial charge in [0.15, 0.2) is 5.65 Å². The molecule has 0 unspecified atom stereocenters. The SMILES string of the molecule is CNC(=O)c1ccc(OC)c(NC(=O)c2cnc3c(c2)c(C)nn3C)c1. The molecule has 8 nitrogen and oxygen atoms in total. The van der Waals surface area contributed by atoms with Crippen LogP contribution in [-0.4, -0.2) is 40.7 Å². The number of amides is 2. The standard InChI is InChI=1S/C18H19N5O3/c1-10-13-7-12(9-20-16(13)23(3)22-10)18(25)21-14-8-11(17(24)19-2)5-6-15(14)26-4/h5-9H,1-4H3,(H,19,24)(H,21,25). The largest absolute Gasteiger partial charge is 0.495 e. The summed E-state index contributed by atoms with van der Waals surface area (Å²) in [6, 6.07) is 6.57. The zero-order valence-corrected chi connectivity index (χ0v) is 15.0. The number of anilines is 1.